The normalized spacial score (nSPS) is 24.7. The van der Waals surface area contributed by atoms with Crippen molar-refractivity contribution in [3.05, 3.63) is 72.1 Å². The smallest absolute Gasteiger partial charge is 0.408 e. The van der Waals surface area contributed by atoms with E-state index in [1.165, 1.54) is 28.4 Å². The summed E-state index contributed by atoms with van der Waals surface area (Å²) in [5.41, 5.74) is 0.150. The zero-order valence-corrected chi connectivity index (χ0v) is 37.8. The van der Waals surface area contributed by atoms with Crippen LogP contribution in [0.3, 0.4) is 0 Å². The SMILES string of the molecule is COc1ccc2c(O[C@@H]3C[C@H]4C(=O)NC5(C(=O)NS(=O)(=O)c6ccccc6)C[C@H]5/C=C\CCCCC[C@H](NC(=O)OC5CCCC5)C(=O)N4C3)cc(-c3csc(NC(C)C)n3)nc2c1. The minimum atomic E-state index is -4.28. The van der Waals surface area contributed by atoms with Crippen LogP contribution in [0.4, 0.5) is 9.93 Å². The van der Waals surface area contributed by atoms with Crippen molar-refractivity contribution in [1.82, 2.24) is 30.2 Å². The highest BCUT2D eigenvalue weighted by Gasteiger charge is 2.61. The molecule has 0 bridgehead atoms. The van der Waals surface area contributed by atoms with Gasteiger partial charge in [-0.25, -0.2) is 27.9 Å². The van der Waals surface area contributed by atoms with Gasteiger partial charge in [-0.3, -0.25) is 14.4 Å². The van der Waals surface area contributed by atoms with E-state index in [0.717, 1.165) is 43.7 Å². The first-order valence-corrected chi connectivity index (χ1v) is 24.4. The number of carbonyl (C=O) groups excluding carboxylic acids is 4. The zero-order chi connectivity index (χ0) is 45.0. The van der Waals surface area contributed by atoms with Crippen LogP contribution in [0, 0.1) is 5.92 Å². The van der Waals surface area contributed by atoms with Crippen LogP contribution in [-0.2, 0) is 29.1 Å². The number of nitrogens with one attached hydrogen (secondary N) is 4. The number of benzene rings is 2. The van der Waals surface area contributed by atoms with Gasteiger partial charge in [-0.1, -0.05) is 43.2 Å². The van der Waals surface area contributed by atoms with Crippen molar-refractivity contribution < 1.29 is 41.8 Å². The molecule has 8 rings (SSSR count). The van der Waals surface area contributed by atoms with E-state index in [9.17, 15) is 27.6 Å². The number of anilines is 1. The van der Waals surface area contributed by atoms with Crippen molar-refractivity contribution in [2.75, 3.05) is 19.0 Å². The predicted molar refractivity (Wildman–Crippen MR) is 241 cm³/mol. The Balaban J connectivity index is 1.12. The maximum Gasteiger partial charge on any atom is 0.408 e. The molecule has 16 nitrogen and oxygen atoms in total. The topological polar surface area (TPSA) is 207 Å². The number of sulfonamides is 1. The molecule has 1 unspecified atom stereocenters. The number of carbonyl (C=O) groups is 4. The summed E-state index contributed by atoms with van der Waals surface area (Å²) in [6.07, 6.45) is 8.88. The number of allylic oxidation sites excluding steroid dienone is 1. The van der Waals surface area contributed by atoms with E-state index in [1.54, 1.807) is 43.5 Å². The lowest BCUT2D eigenvalue weighted by Crippen LogP contribution is -2.58. The summed E-state index contributed by atoms with van der Waals surface area (Å²) in [7, 11) is -2.71. The third-order valence-electron chi connectivity index (χ3n) is 12.2. The molecule has 4 amide bonds. The van der Waals surface area contributed by atoms with Crippen LogP contribution in [0.15, 0.2) is 77.0 Å². The Bertz CT molecular complexity index is 2510. The van der Waals surface area contributed by atoms with Gasteiger partial charge in [-0.15, -0.1) is 11.3 Å². The second-order valence-electron chi connectivity index (χ2n) is 17.3. The van der Waals surface area contributed by atoms with Crippen molar-refractivity contribution in [3.63, 3.8) is 0 Å². The Morgan fingerprint density at radius 1 is 0.953 bits per heavy atom. The maximum absolute atomic E-state index is 14.8. The molecule has 2 saturated carbocycles. The Kier molecular flexibility index (Phi) is 13.4. The Morgan fingerprint density at radius 3 is 2.50 bits per heavy atom. The van der Waals surface area contributed by atoms with Crippen molar-refractivity contribution in [2.24, 2.45) is 5.92 Å². The summed E-state index contributed by atoms with van der Waals surface area (Å²) in [4.78, 5) is 68.0. The van der Waals surface area contributed by atoms with Crippen molar-refractivity contribution in [3.8, 4) is 22.9 Å². The second-order valence-corrected chi connectivity index (χ2v) is 19.8. The minimum Gasteiger partial charge on any atom is -0.497 e. The van der Waals surface area contributed by atoms with Gasteiger partial charge >= 0.3 is 6.09 Å². The van der Waals surface area contributed by atoms with Crippen LogP contribution in [0.1, 0.15) is 84.5 Å². The number of hydrogen-bond donors (Lipinski definition) is 4. The molecule has 4 aromatic rings. The molecular weight excluding hydrogens is 859 g/mol. The Labute approximate surface area is 377 Å². The molecule has 64 heavy (non-hydrogen) atoms. The second kappa shape index (κ2) is 19.2. The molecule has 3 fully saturated rings. The number of nitrogens with zero attached hydrogens (tertiary/aromatic N) is 3. The molecule has 2 aromatic heterocycles. The third-order valence-corrected chi connectivity index (χ3v) is 14.4. The van der Waals surface area contributed by atoms with Gasteiger partial charge in [-0.2, -0.15) is 0 Å². The summed E-state index contributed by atoms with van der Waals surface area (Å²) >= 11 is 1.45. The first kappa shape index (κ1) is 44.8. The number of amides is 4. The van der Waals surface area contributed by atoms with Crippen LogP contribution in [0.5, 0.6) is 11.5 Å². The van der Waals surface area contributed by atoms with Crippen LogP contribution in [0.2, 0.25) is 0 Å². The summed E-state index contributed by atoms with van der Waals surface area (Å²) in [5, 5.41) is 12.4. The highest BCUT2D eigenvalue weighted by Crippen LogP contribution is 2.46. The molecule has 18 heteroatoms. The number of thiazole rings is 1. The average molecular weight is 914 g/mol. The number of rotatable bonds is 11. The van der Waals surface area contributed by atoms with Gasteiger partial charge in [0, 0.05) is 41.3 Å². The summed E-state index contributed by atoms with van der Waals surface area (Å²) in [5.74, 6) is -1.48. The highest BCUT2D eigenvalue weighted by molar-refractivity contribution is 7.90. The van der Waals surface area contributed by atoms with Gasteiger partial charge in [0.15, 0.2) is 5.13 Å². The monoisotopic (exact) mass is 913 g/mol. The molecule has 4 heterocycles. The average Bonchev–Trinajstić information content (AvgIpc) is 3.70. The van der Waals surface area contributed by atoms with E-state index in [0.29, 0.717) is 53.1 Å². The van der Waals surface area contributed by atoms with E-state index < -0.39 is 63.5 Å². The van der Waals surface area contributed by atoms with E-state index in [2.05, 4.69) is 20.7 Å². The lowest BCUT2D eigenvalue weighted by Gasteiger charge is -2.30. The number of pyridine rings is 1. The highest BCUT2D eigenvalue weighted by atomic mass is 32.2. The zero-order valence-electron chi connectivity index (χ0n) is 36.2. The number of hydrogen-bond acceptors (Lipinski definition) is 13. The quantitative estimate of drug-likeness (QED) is 0.119. The fourth-order valence-electron chi connectivity index (χ4n) is 8.79. The summed E-state index contributed by atoms with van der Waals surface area (Å²) < 4.78 is 47.0. The number of methoxy groups -OCH3 is 1. The van der Waals surface area contributed by atoms with E-state index >= 15 is 0 Å². The standard InChI is InChI=1S/C46H55N7O9S2/c1-28(2)47-44-49-38(27-63-44)37-24-40(34-21-20-31(60-3)22-36(34)48-37)61-32-23-39-41(54)51-46(43(56)52-64(58,59)33-17-9-7-10-18-33)25-29(46)14-8-5-4-6-11-19-35(42(55)53(39)26-32)50-45(57)62-30-15-12-13-16-30/h7-10,14,17-18,20-22,24,27-30,32,35,39H,4-6,11-13,15-16,19,23,25-26H2,1-3H3,(H,47,49)(H,50,57)(H,51,54)(H,52,56)/b14-8-/t29-,32-,35+,39+,46?/m1/s1. The van der Waals surface area contributed by atoms with E-state index in [4.69, 9.17) is 24.2 Å². The molecule has 5 atom stereocenters. The number of alkyl carbamates (subject to hydrolysis) is 1. The molecule has 340 valence electrons. The van der Waals surface area contributed by atoms with Crippen molar-refractivity contribution in [1.29, 1.82) is 0 Å². The van der Waals surface area contributed by atoms with Crippen LogP contribution in [-0.4, -0.2) is 96.6 Å². The molecule has 0 spiro atoms. The molecular formula is C46H55N7O9S2. The number of ether oxygens (including phenoxy) is 3. The fraction of sp³-hybridized carbons (Fsp3) is 0.478. The summed E-state index contributed by atoms with van der Waals surface area (Å²) in [6.45, 7) is 4.02. The van der Waals surface area contributed by atoms with Crippen LogP contribution < -0.4 is 30.1 Å². The minimum absolute atomic E-state index is 0.0196. The third kappa shape index (κ3) is 10.1. The predicted octanol–water partition coefficient (Wildman–Crippen LogP) is 6.47. The largest absolute Gasteiger partial charge is 0.497 e. The van der Waals surface area contributed by atoms with Gasteiger partial charge in [0.2, 0.25) is 11.8 Å². The van der Waals surface area contributed by atoms with Gasteiger partial charge in [0.25, 0.3) is 15.9 Å². The number of aromatic nitrogens is 2. The molecule has 0 radical (unpaired) electrons. The maximum atomic E-state index is 14.8. The van der Waals surface area contributed by atoms with Gasteiger partial charge in [0.1, 0.15) is 47.0 Å². The molecule has 4 aliphatic rings. The van der Waals surface area contributed by atoms with E-state index in [1.807, 2.05) is 37.4 Å². The molecule has 1 saturated heterocycles. The summed E-state index contributed by atoms with van der Waals surface area (Å²) in [6, 6.07) is 12.8. The van der Waals surface area contributed by atoms with Crippen molar-refractivity contribution >= 4 is 61.2 Å². The first-order valence-electron chi connectivity index (χ1n) is 22.1. The first-order chi connectivity index (χ1) is 30.8. The number of fused-ring (bicyclic) bond motifs is 3. The lowest BCUT2D eigenvalue weighted by molar-refractivity contribution is -0.141. The Morgan fingerprint density at radius 2 is 1.73 bits per heavy atom. The van der Waals surface area contributed by atoms with E-state index in [-0.39, 0.29) is 36.4 Å². The lowest BCUT2D eigenvalue weighted by atomic mass is 10.0. The molecule has 2 aliphatic heterocycles. The van der Waals surface area contributed by atoms with Crippen LogP contribution >= 0.6 is 11.3 Å². The molecule has 4 N–H and O–H groups in total. The van der Waals surface area contributed by atoms with Gasteiger partial charge in [0.05, 0.1) is 29.8 Å². The van der Waals surface area contributed by atoms with Crippen LogP contribution in [0.25, 0.3) is 22.3 Å². The van der Waals surface area contributed by atoms with Gasteiger partial charge < -0.3 is 35.1 Å². The molecule has 2 aliphatic carbocycles. The molecule has 2 aromatic carbocycles. The fourth-order valence-corrected chi connectivity index (χ4v) is 10.7. The van der Waals surface area contributed by atoms with Gasteiger partial charge in [-0.05, 0) is 89.5 Å². The van der Waals surface area contributed by atoms with Crippen molar-refractivity contribution in [2.45, 2.75) is 125 Å². The Hall–Kier alpha value is -5.75.